The van der Waals surface area contributed by atoms with Crippen LogP contribution in [0.4, 0.5) is 0 Å². The largest absolute Gasteiger partial charge is 0.344 e. The first-order valence-electron chi connectivity index (χ1n) is 1.91. The summed E-state index contributed by atoms with van der Waals surface area (Å²) >= 11 is 3.37. The maximum Gasteiger partial charge on any atom is 0.0114 e. The Bertz CT molecular complexity index is 31.9. The van der Waals surface area contributed by atoms with Gasteiger partial charge < -0.3 is 67.7 Å². The van der Waals surface area contributed by atoms with Gasteiger partial charge >= 0.3 is 0 Å². The number of halogens is 1. The van der Waals surface area contributed by atoms with Gasteiger partial charge in [-0.25, -0.2) is 0 Å². The van der Waals surface area contributed by atoms with E-state index in [-0.39, 0.29) is 67.7 Å². The van der Waals surface area contributed by atoms with Crippen LogP contribution in [0.2, 0.25) is 0 Å². The van der Waals surface area contributed by atoms with Gasteiger partial charge in [0.25, 0.3) is 0 Å². The van der Waals surface area contributed by atoms with Gasteiger partial charge in [0.1, 0.15) is 0 Å². The van der Waals surface area contributed by atoms with Crippen molar-refractivity contribution in [1.29, 1.82) is 0 Å². The van der Waals surface area contributed by atoms with E-state index in [1.165, 1.54) is 6.42 Å². The molecule has 0 amide bonds. The van der Waals surface area contributed by atoms with Gasteiger partial charge in [0, 0.05) is 4.83 Å². The van der Waals surface area contributed by atoms with Crippen molar-refractivity contribution in [1.82, 2.24) is 67.7 Å². The summed E-state index contributed by atoms with van der Waals surface area (Å²) in [6.07, 6.45) is 1.22. The zero-order chi connectivity index (χ0) is 4.28. The smallest absolute Gasteiger partial charge is 0.0114 e. The second-order valence-corrected chi connectivity index (χ2v) is 2.75. The van der Waals surface area contributed by atoms with Crippen molar-refractivity contribution in [2.24, 2.45) is 0 Å². The molecule has 1 atom stereocenters. The third-order valence-electron chi connectivity index (χ3n) is 0.563. The summed E-state index contributed by atoms with van der Waals surface area (Å²) in [5, 5.41) is 0. The molecule has 0 fully saturated rings. The first-order valence-corrected chi connectivity index (χ1v) is 2.83. The van der Waals surface area contributed by atoms with Crippen molar-refractivity contribution in [2.45, 2.75) is 25.1 Å². The van der Waals surface area contributed by atoms with Crippen LogP contribution < -0.4 is 67.7 Å². The summed E-state index contributed by atoms with van der Waals surface area (Å²) in [5.41, 5.74) is 0. The second kappa shape index (κ2) is 182. The molecule has 120 valence electrons. The molecule has 0 spiro atoms. The lowest BCUT2D eigenvalue weighted by atomic mass is 10.4. The highest BCUT2D eigenvalue weighted by Gasteiger charge is 1.82. The van der Waals surface area contributed by atoms with Crippen LogP contribution in [-0.4, -0.2) is 4.83 Å². The molecule has 33 N–H and O–H groups in total. The molecule has 0 bridgehead atoms. The van der Waals surface area contributed by atoms with E-state index < -0.39 is 0 Å². The Kier molecular flexibility index (Phi) is 2520. The summed E-state index contributed by atoms with van der Waals surface area (Å²) in [4.78, 5) is 0.697. The highest BCUT2D eigenvalue weighted by Crippen LogP contribution is 1.99. The molecular weight excluding hydrogens is 282 g/mol. The lowest BCUT2D eigenvalue weighted by Gasteiger charge is -1.88. The molecule has 1 unspecified atom stereocenters. The van der Waals surface area contributed by atoms with E-state index in [1.807, 2.05) is 0 Å². The summed E-state index contributed by atoms with van der Waals surface area (Å²) in [6.45, 7) is 4.29. The molecular formula is C4H42BrN11. The third-order valence-corrected chi connectivity index (χ3v) is 1.21. The van der Waals surface area contributed by atoms with Gasteiger partial charge in [-0.2, -0.15) is 0 Å². The molecule has 0 rings (SSSR count). The Morgan fingerprint density at radius 1 is 0.625 bits per heavy atom. The zero-order valence-electron chi connectivity index (χ0n) is 11.4. The Labute approximate surface area is 109 Å². The first-order chi connectivity index (χ1) is 2.27. The molecule has 0 aromatic heterocycles. The van der Waals surface area contributed by atoms with Crippen LogP contribution in [0.3, 0.4) is 0 Å². The molecule has 0 saturated carbocycles. The Morgan fingerprint density at radius 2 is 0.688 bits per heavy atom. The van der Waals surface area contributed by atoms with Gasteiger partial charge in [0.2, 0.25) is 0 Å². The van der Waals surface area contributed by atoms with Crippen LogP contribution in [0, 0.1) is 0 Å². The normalized spacial score (nSPS) is 4.69. The van der Waals surface area contributed by atoms with Gasteiger partial charge in [-0.3, -0.25) is 0 Å². The van der Waals surface area contributed by atoms with Crippen LogP contribution in [0.5, 0.6) is 0 Å². The van der Waals surface area contributed by atoms with Gasteiger partial charge in [0.15, 0.2) is 0 Å². The SMILES string of the molecule is CCC(C)Br.N.N.N.N.N.N.N.N.N.N.N. The molecule has 0 aromatic carbocycles. The molecule has 0 heterocycles. The molecule has 0 saturated heterocycles. The van der Waals surface area contributed by atoms with Gasteiger partial charge in [0.05, 0.1) is 0 Å². The molecule has 12 heteroatoms. The first kappa shape index (κ1) is 222. The van der Waals surface area contributed by atoms with Crippen LogP contribution >= 0.6 is 15.9 Å². The molecule has 0 aliphatic rings. The van der Waals surface area contributed by atoms with E-state index in [9.17, 15) is 0 Å². The van der Waals surface area contributed by atoms with E-state index in [2.05, 4.69) is 29.8 Å². The second-order valence-electron chi connectivity index (χ2n) is 1.19. The van der Waals surface area contributed by atoms with E-state index in [1.54, 1.807) is 0 Å². The Morgan fingerprint density at radius 3 is 0.688 bits per heavy atom. The van der Waals surface area contributed by atoms with Crippen LogP contribution in [0.15, 0.2) is 0 Å². The van der Waals surface area contributed by atoms with Crippen LogP contribution in [0.25, 0.3) is 0 Å². The average Bonchev–Trinajstić information content (AvgIpc) is 1.38. The lowest BCUT2D eigenvalue weighted by molar-refractivity contribution is 0.922. The van der Waals surface area contributed by atoms with E-state index in [0.717, 1.165) is 0 Å². The maximum absolute atomic E-state index is 3.37. The maximum atomic E-state index is 3.37. The van der Waals surface area contributed by atoms with Crippen molar-refractivity contribution in [3.05, 3.63) is 0 Å². The highest BCUT2D eigenvalue weighted by molar-refractivity contribution is 9.09. The summed E-state index contributed by atoms with van der Waals surface area (Å²) in [5.74, 6) is 0. The minimum Gasteiger partial charge on any atom is -0.344 e. The van der Waals surface area contributed by atoms with Crippen LogP contribution in [-0.2, 0) is 0 Å². The molecule has 11 nitrogen and oxygen atoms in total. The molecule has 16 heavy (non-hydrogen) atoms. The number of hydrogen-bond donors (Lipinski definition) is 11. The zero-order valence-corrected chi connectivity index (χ0v) is 13.0. The fourth-order valence-corrected chi connectivity index (χ4v) is 0. The standard InChI is InChI=1S/C4H9Br.11H3N/c1-3-4(2)5;;;;;;;;;;;/h4H,3H2,1-2H3;11*1H3. The monoisotopic (exact) mass is 323 g/mol. The van der Waals surface area contributed by atoms with E-state index in [0.29, 0.717) is 4.83 Å². The fourth-order valence-electron chi connectivity index (χ4n) is 0. The molecule has 0 aliphatic heterocycles. The van der Waals surface area contributed by atoms with Crippen molar-refractivity contribution in [2.75, 3.05) is 0 Å². The topological polar surface area (TPSA) is 385 Å². The Balaban J connectivity index is -0.00000000145. The third kappa shape index (κ3) is 574. The number of hydrogen-bond acceptors (Lipinski definition) is 11. The highest BCUT2D eigenvalue weighted by atomic mass is 79.9. The average molecular weight is 324 g/mol. The predicted molar refractivity (Wildman–Crippen MR) is 83.9 cm³/mol. The summed E-state index contributed by atoms with van der Waals surface area (Å²) in [7, 11) is 0. The molecule has 0 aliphatic carbocycles. The van der Waals surface area contributed by atoms with Crippen molar-refractivity contribution >= 4 is 15.9 Å². The minimum atomic E-state index is 0. The van der Waals surface area contributed by atoms with E-state index in [4.69, 9.17) is 0 Å². The van der Waals surface area contributed by atoms with Crippen molar-refractivity contribution in [3.63, 3.8) is 0 Å². The predicted octanol–water partition coefficient (Wildman–Crippen LogP) is 3.96. The fraction of sp³-hybridized carbons (Fsp3) is 1.00. The van der Waals surface area contributed by atoms with Gasteiger partial charge in [-0.05, 0) is 6.42 Å². The minimum absolute atomic E-state index is 0. The molecule has 0 aromatic rings. The van der Waals surface area contributed by atoms with Gasteiger partial charge in [-0.15, -0.1) is 0 Å². The summed E-state index contributed by atoms with van der Waals surface area (Å²) in [6, 6.07) is 0. The lowest BCUT2D eigenvalue weighted by Crippen LogP contribution is -1.80. The van der Waals surface area contributed by atoms with E-state index >= 15 is 0 Å². The molecule has 0 radical (unpaired) electrons. The van der Waals surface area contributed by atoms with Crippen LogP contribution in [0.1, 0.15) is 20.3 Å². The number of alkyl halides is 1. The quantitative estimate of drug-likeness (QED) is 0.306. The van der Waals surface area contributed by atoms with Crippen molar-refractivity contribution in [3.8, 4) is 0 Å². The van der Waals surface area contributed by atoms with Crippen molar-refractivity contribution < 1.29 is 0 Å². The van der Waals surface area contributed by atoms with Gasteiger partial charge in [-0.1, -0.05) is 29.8 Å². The number of rotatable bonds is 1. The summed E-state index contributed by atoms with van der Waals surface area (Å²) < 4.78 is 0. The Hall–Kier alpha value is 0.0400.